The number of rotatable bonds is 5. The van der Waals surface area contributed by atoms with Gasteiger partial charge in [-0.2, -0.15) is 5.10 Å². The van der Waals surface area contributed by atoms with Gasteiger partial charge in [-0.1, -0.05) is 12.1 Å². The molecule has 0 spiro atoms. The summed E-state index contributed by atoms with van der Waals surface area (Å²) >= 11 is 0. The molecule has 0 fully saturated rings. The van der Waals surface area contributed by atoms with Gasteiger partial charge in [0.1, 0.15) is 11.4 Å². The number of aromatic amines is 1. The van der Waals surface area contributed by atoms with Gasteiger partial charge in [-0.25, -0.2) is 5.43 Å². The van der Waals surface area contributed by atoms with Crippen LogP contribution in [0.15, 0.2) is 47.7 Å². The van der Waals surface area contributed by atoms with Crippen LogP contribution in [-0.2, 0) is 0 Å². The van der Waals surface area contributed by atoms with Crippen molar-refractivity contribution in [3.63, 3.8) is 0 Å². The molecule has 2 rings (SSSR count). The first kappa shape index (κ1) is 12.9. The molecule has 0 unspecified atom stereocenters. The molecule has 2 aromatic rings. The van der Waals surface area contributed by atoms with E-state index in [2.05, 4.69) is 15.5 Å². The van der Waals surface area contributed by atoms with E-state index in [0.717, 1.165) is 11.3 Å². The molecular formula is C14H15N3O2. The largest absolute Gasteiger partial charge is 0.493 e. The Morgan fingerprint density at radius 3 is 2.95 bits per heavy atom. The second-order valence-corrected chi connectivity index (χ2v) is 3.75. The van der Waals surface area contributed by atoms with E-state index in [4.69, 9.17) is 4.74 Å². The lowest BCUT2D eigenvalue weighted by atomic mass is 10.2. The quantitative estimate of drug-likeness (QED) is 0.637. The number of carbonyl (C=O) groups excluding carboxylic acids is 1. The maximum Gasteiger partial charge on any atom is 0.287 e. The minimum atomic E-state index is -0.282. The molecule has 0 radical (unpaired) electrons. The molecule has 98 valence electrons. The van der Waals surface area contributed by atoms with E-state index in [-0.39, 0.29) is 5.91 Å². The summed E-state index contributed by atoms with van der Waals surface area (Å²) in [6.45, 7) is 2.50. The van der Waals surface area contributed by atoms with Crippen molar-refractivity contribution in [2.75, 3.05) is 6.61 Å². The number of nitrogens with zero attached hydrogens (tertiary/aromatic N) is 1. The molecule has 1 aromatic heterocycles. The fourth-order valence-corrected chi connectivity index (χ4v) is 1.57. The van der Waals surface area contributed by atoms with E-state index in [0.29, 0.717) is 12.3 Å². The summed E-state index contributed by atoms with van der Waals surface area (Å²) in [6, 6.07) is 10.9. The second kappa shape index (κ2) is 6.39. The van der Waals surface area contributed by atoms with Gasteiger partial charge in [-0.3, -0.25) is 4.79 Å². The fourth-order valence-electron chi connectivity index (χ4n) is 1.57. The van der Waals surface area contributed by atoms with Crippen LogP contribution >= 0.6 is 0 Å². The lowest BCUT2D eigenvalue weighted by Crippen LogP contribution is -2.17. The normalized spacial score (nSPS) is 10.6. The van der Waals surface area contributed by atoms with Gasteiger partial charge in [0.05, 0.1) is 12.8 Å². The number of hydrogen-bond donors (Lipinski definition) is 2. The lowest BCUT2D eigenvalue weighted by Gasteiger charge is -2.05. The molecule has 0 atom stereocenters. The zero-order valence-corrected chi connectivity index (χ0v) is 10.6. The van der Waals surface area contributed by atoms with Gasteiger partial charge < -0.3 is 9.72 Å². The van der Waals surface area contributed by atoms with Crippen LogP contribution in [0.25, 0.3) is 0 Å². The third-order valence-corrected chi connectivity index (χ3v) is 2.43. The number of hydrogen-bond acceptors (Lipinski definition) is 3. The molecular weight excluding hydrogens is 242 g/mol. The van der Waals surface area contributed by atoms with Crippen molar-refractivity contribution in [3.05, 3.63) is 53.9 Å². The molecule has 5 nitrogen and oxygen atoms in total. The minimum absolute atomic E-state index is 0.282. The predicted octanol–water partition coefficient (Wildman–Crippen LogP) is 2.18. The zero-order valence-electron chi connectivity index (χ0n) is 10.6. The van der Waals surface area contributed by atoms with E-state index in [9.17, 15) is 4.79 Å². The van der Waals surface area contributed by atoms with E-state index in [1.165, 1.54) is 0 Å². The smallest absolute Gasteiger partial charge is 0.287 e. The number of aromatic nitrogens is 1. The van der Waals surface area contributed by atoms with Gasteiger partial charge in [-0.15, -0.1) is 0 Å². The fraction of sp³-hybridized carbons (Fsp3) is 0.143. The molecule has 1 amide bonds. The van der Waals surface area contributed by atoms with Gasteiger partial charge in [0.2, 0.25) is 0 Å². The predicted molar refractivity (Wildman–Crippen MR) is 73.5 cm³/mol. The average Bonchev–Trinajstić information content (AvgIpc) is 2.95. The van der Waals surface area contributed by atoms with Crippen molar-refractivity contribution >= 4 is 12.1 Å². The summed E-state index contributed by atoms with van der Waals surface area (Å²) in [6.07, 6.45) is 3.24. The second-order valence-electron chi connectivity index (χ2n) is 3.75. The monoisotopic (exact) mass is 257 g/mol. The highest BCUT2D eigenvalue weighted by Gasteiger charge is 2.03. The van der Waals surface area contributed by atoms with Crippen LogP contribution in [-0.4, -0.2) is 23.7 Å². The Kier molecular flexibility index (Phi) is 4.34. The van der Waals surface area contributed by atoms with E-state index in [1.807, 2.05) is 31.2 Å². The standard InChI is InChI=1S/C14H15N3O2/c1-2-19-13-8-4-3-6-11(13)10-16-17-14(18)12-7-5-9-15-12/h3-10,15H,2H2,1H3,(H,17,18)/b16-10-. The number of benzene rings is 1. The summed E-state index contributed by atoms with van der Waals surface area (Å²) in [7, 11) is 0. The highest BCUT2D eigenvalue weighted by molar-refractivity contribution is 5.93. The molecule has 5 heteroatoms. The van der Waals surface area contributed by atoms with Crippen LogP contribution in [0.2, 0.25) is 0 Å². The number of nitrogens with one attached hydrogen (secondary N) is 2. The number of ether oxygens (including phenoxy) is 1. The first-order chi connectivity index (χ1) is 9.31. The first-order valence-corrected chi connectivity index (χ1v) is 6.00. The third kappa shape index (κ3) is 3.45. The topological polar surface area (TPSA) is 66.5 Å². The zero-order chi connectivity index (χ0) is 13.5. The van der Waals surface area contributed by atoms with Gasteiger partial charge in [0.25, 0.3) is 5.91 Å². The lowest BCUT2D eigenvalue weighted by molar-refractivity contribution is 0.0951. The van der Waals surface area contributed by atoms with Gasteiger partial charge >= 0.3 is 0 Å². The van der Waals surface area contributed by atoms with Crippen molar-refractivity contribution in [2.24, 2.45) is 5.10 Å². The maximum absolute atomic E-state index is 11.6. The van der Waals surface area contributed by atoms with Crippen LogP contribution in [0.5, 0.6) is 5.75 Å². The Bertz CT molecular complexity index is 562. The summed E-state index contributed by atoms with van der Waals surface area (Å²) in [5.41, 5.74) is 3.73. The van der Waals surface area contributed by atoms with Crippen LogP contribution in [0, 0.1) is 0 Å². The number of para-hydroxylation sites is 1. The first-order valence-electron chi connectivity index (χ1n) is 6.00. The highest BCUT2D eigenvalue weighted by Crippen LogP contribution is 2.15. The third-order valence-electron chi connectivity index (χ3n) is 2.43. The Balaban J connectivity index is 2.01. The summed E-state index contributed by atoms with van der Waals surface area (Å²) in [5, 5.41) is 3.92. The molecule has 0 aliphatic carbocycles. The molecule has 1 aromatic carbocycles. The average molecular weight is 257 g/mol. The molecule has 0 aliphatic heterocycles. The summed E-state index contributed by atoms with van der Waals surface area (Å²) < 4.78 is 5.46. The van der Waals surface area contributed by atoms with Gasteiger partial charge in [-0.05, 0) is 31.2 Å². The number of carbonyl (C=O) groups is 1. The highest BCUT2D eigenvalue weighted by atomic mass is 16.5. The maximum atomic E-state index is 11.6. The summed E-state index contributed by atoms with van der Waals surface area (Å²) in [4.78, 5) is 14.4. The molecule has 0 saturated heterocycles. The minimum Gasteiger partial charge on any atom is -0.493 e. The SMILES string of the molecule is CCOc1ccccc1/C=N\NC(=O)c1ccc[nH]1. The van der Waals surface area contributed by atoms with Crippen LogP contribution < -0.4 is 10.2 Å². The molecule has 1 heterocycles. The number of amides is 1. The molecule has 19 heavy (non-hydrogen) atoms. The van der Waals surface area contributed by atoms with Crippen LogP contribution in [0.4, 0.5) is 0 Å². The van der Waals surface area contributed by atoms with E-state index < -0.39 is 0 Å². The Morgan fingerprint density at radius 2 is 2.21 bits per heavy atom. The van der Waals surface area contributed by atoms with Crippen molar-refractivity contribution in [3.8, 4) is 5.75 Å². The van der Waals surface area contributed by atoms with Crippen molar-refractivity contribution in [1.82, 2.24) is 10.4 Å². The van der Waals surface area contributed by atoms with Crippen molar-refractivity contribution in [2.45, 2.75) is 6.92 Å². The van der Waals surface area contributed by atoms with Gasteiger partial charge in [0, 0.05) is 11.8 Å². The Morgan fingerprint density at radius 1 is 1.37 bits per heavy atom. The molecule has 0 bridgehead atoms. The van der Waals surface area contributed by atoms with Crippen LogP contribution in [0.3, 0.4) is 0 Å². The van der Waals surface area contributed by atoms with Crippen LogP contribution in [0.1, 0.15) is 23.0 Å². The summed E-state index contributed by atoms with van der Waals surface area (Å²) in [5.74, 6) is 0.456. The van der Waals surface area contributed by atoms with Crippen molar-refractivity contribution in [1.29, 1.82) is 0 Å². The molecule has 0 aliphatic rings. The molecule has 0 saturated carbocycles. The van der Waals surface area contributed by atoms with E-state index >= 15 is 0 Å². The Hall–Kier alpha value is -2.56. The number of hydrazone groups is 1. The molecule has 2 N–H and O–H groups in total. The Labute approximate surface area is 111 Å². The van der Waals surface area contributed by atoms with Crippen molar-refractivity contribution < 1.29 is 9.53 Å². The van der Waals surface area contributed by atoms with Gasteiger partial charge in [0.15, 0.2) is 0 Å². The van der Waals surface area contributed by atoms with E-state index in [1.54, 1.807) is 24.5 Å². The number of H-pyrrole nitrogens is 1.